The molecule has 2 aromatic carbocycles. The van der Waals surface area contributed by atoms with Gasteiger partial charge < -0.3 is 15.0 Å². The van der Waals surface area contributed by atoms with Gasteiger partial charge in [0.05, 0.1) is 12.7 Å². The second kappa shape index (κ2) is 7.04. The average Bonchev–Trinajstić information content (AvgIpc) is 3.43. The van der Waals surface area contributed by atoms with Crippen molar-refractivity contribution in [3.05, 3.63) is 53.1 Å². The number of hydrogen-bond donors (Lipinski definition) is 1. The van der Waals surface area contributed by atoms with Crippen LogP contribution in [-0.2, 0) is 0 Å². The predicted molar refractivity (Wildman–Crippen MR) is 120 cm³/mol. The number of hydrogen-bond acceptors (Lipinski definition) is 3. The first-order valence-electron chi connectivity index (χ1n) is 11.6. The lowest BCUT2D eigenvalue weighted by molar-refractivity contribution is 0.102. The Morgan fingerprint density at radius 2 is 1.60 bits per heavy atom. The van der Waals surface area contributed by atoms with Gasteiger partial charge in [-0.05, 0) is 84.7 Å². The fraction of sp³-hybridized carbons (Fsp3) is 0.500. The number of carbonyl (C=O) groups is 1. The second-order valence-electron chi connectivity index (χ2n) is 9.66. The molecule has 4 heteroatoms. The van der Waals surface area contributed by atoms with Crippen LogP contribution >= 0.6 is 0 Å². The number of nitrogens with zero attached hydrogens (tertiary/aromatic N) is 1. The van der Waals surface area contributed by atoms with Crippen molar-refractivity contribution in [2.45, 2.75) is 50.4 Å². The molecule has 0 radical (unpaired) electrons. The summed E-state index contributed by atoms with van der Waals surface area (Å²) < 4.78 is 5.41. The van der Waals surface area contributed by atoms with Gasteiger partial charge in [0.2, 0.25) is 0 Å². The van der Waals surface area contributed by atoms with Gasteiger partial charge in [-0.2, -0.15) is 0 Å². The molecule has 2 aliphatic heterocycles. The third-order valence-electron chi connectivity index (χ3n) is 8.12. The van der Waals surface area contributed by atoms with Gasteiger partial charge in [0.25, 0.3) is 5.91 Å². The van der Waals surface area contributed by atoms with Crippen LogP contribution in [0.2, 0.25) is 0 Å². The zero-order chi connectivity index (χ0) is 20.2. The summed E-state index contributed by atoms with van der Waals surface area (Å²) in [5.41, 5.74) is 6.07. The van der Waals surface area contributed by atoms with E-state index in [0.29, 0.717) is 23.1 Å². The number of carbonyl (C=O) groups excluding carboxylic acids is 1. The smallest absolute Gasteiger partial charge is 0.259 e. The molecule has 30 heavy (non-hydrogen) atoms. The fourth-order valence-corrected chi connectivity index (χ4v) is 6.87. The highest BCUT2D eigenvalue weighted by atomic mass is 16.5. The van der Waals surface area contributed by atoms with Crippen LogP contribution in [0.15, 0.2) is 36.4 Å². The van der Waals surface area contributed by atoms with E-state index in [1.807, 2.05) is 24.3 Å². The lowest BCUT2D eigenvalue weighted by Gasteiger charge is -2.46. The van der Waals surface area contributed by atoms with Crippen LogP contribution in [0.3, 0.4) is 0 Å². The van der Waals surface area contributed by atoms with Crippen molar-refractivity contribution in [2.24, 2.45) is 11.8 Å². The van der Waals surface area contributed by atoms with Crippen LogP contribution in [0, 0.1) is 11.8 Å². The van der Waals surface area contributed by atoms with E-state index in [0.717, 1.165) is 17.5 Å². The van der Waals surface area contributed by atoms with Crippen molar-refractivity contribution in [2.75, 3.05) is 30.4 Å². The highest BCUT2D eigenvalue weighted by molar-refractivity contribution is 6.06. The number of benzene rings is 2. The maximum absolute atomic E-state index is 13.1. The maximum Gasteiger partial charge on any atom is 0.259 e. The van der Waals surface area contributed by atoms with E-state index in [1.165, 1.54) is 68.4 Å². The standard InChI is InChI=1S/C26H30N2O2/c1-30-24-11-3-2-8-21(24)26(29)27-18-12-22-19-9-4-6-16(19)14-28-15-17-7-5-10-20(17)23(13-18)25(22)28/h2-3,8,11-13,16-17,19-20H,4-7,9-10,14-15H2,1H3,(H,27,29)/t16-,17-,19-,20-/m0/s1. The van der Waals surface area contributed by atoms with Crippen LogP contribution in [0.4, 0.5) is 11.4 Å². The predicted octanol–water partition coefficient (Wildman–Crippen LogP) is 5.55. The number of rotatable bonds is 3. The average molecular weight is 403 g/mol. The normalized spacial score (nSPS) is 28.5. The molecule has 2 aliphatic carbocycles. The van der Waals surface area contributed by atoms with Gasteiger partial charge in [0.15, 0.2) is 0 Å². The summed E-state index contributed by atoms with van der Waals surface area (Å²) in [6, 6.07) is 12.0. The Kier molecular flexibility index (Phi) is 4.29. The van der Waals surface area contributed by atoms with Crippen molar-refractivity contribution < 1.29 is 9.53 Å². The van der Waals surface area contributed by atoms with E-state index >= 15 is 0 Å². The summed E-state index contributed by atoms with van der Waals surface area (Å²) >= 11 is 0. The zero-order valence-corrected chi connectivity index (χ0v) is 17.7. The van der Waals surface area contributed by atoms with Crippen LogP contribution in [0.5, 0.6) is 5.75 Å². The molecule has 2 saturated carbocycles. The fourth-order valence-electron chi connectivity index (χ4n) is 6.87. The van der Waals surface area contributed by atoms with Crippen molar-refractivity contribution in [3.63, 3.8) is 0 Å². The number of anilines is 2. The highest BCUT2D eigenvalue weighted by Gasteiger charge is 2.44. The molecule has 2 aromatic rings. The van der Waals surface area contributed by atoms with E-state index in [9.17, 15) is 4.79 Å². The molecule has 0 bridgehead atoms. The number of nitrogens with one attached hydrogen (secondary N) is 1. The topological polar surface area (TPSA) is 41.6 Å². The molecule has 2 heterocycles. The summed E-state index contributed by atoms with van der Waals surface area (Å²) in [4.78, 5) is 15.8. The Bertz CT molecular complexity index is 955. The minimum atomic E-state index is -0.0889. The summed E-state index contributed by atoms with van der Waals surface area (Å²) in [5.74, 6) is 3.42. The SMILES string of the molecule is COc1ccccc1C(=O)Nc1cc2c3c(c1)[C@H]1CCC[C@H]1CN3C[C@@H]1CCC[C@H]21. The molecule has 4 nitrogen and oxygen atoms in total. The van der Waals surface area contributed by atoms with E-state index in [1.54, 1.807) is 7.11 Å². The van der Waals surface area contributed by atoms with Gasteiger partial charge in [-0.1, -0.05) is 25.0 Å². The molecule has 4 atom stereocenters. The molecule has 0 aromatic heterocycles. The van der Waals surface area contributed by atoms with Crippen LogP contribution < -0.4 is 15.0 Å². The number of fused-ring (bicyclic) bond motifs is 4. The van der Waals surface area contributed by atoms with E-state index < -0.39 is 0 Å². The Hall–Kier alpha value is -2.49. The second-order valence-corrected chi connectivity index (χ2v) is 9.66. The third-order valence-corrected chi connectivity index (χ3v) is 8.12. The lowest BCUT2D eigenvalue weighted by atomic mass is 9.75. The minimum absolute atomic E-state index is 0.0889. The molecule has 1 N–H and O–H groups in total. The van der Waals surface area contributed by atoms with Gasteiger partial charge >= 0.3 is 0 Å². The van der Waals surface area contributed by atoms with Gasteiger partial charge in [-0.3, -0.25) is 4.79 Å². The van der Waals surface area contributed by atoms with Crippen molar-refractivity contribution in [1.82, 2.24) is 0 Å². The lowest BCUT2D eigenvalue weighted by Crippen LogP contribution is -2.43. The number of methoxy groups -OCH3 is 1. The zero-order valence-electron chi connectivity index (χ0n) is 17.7. The molecule has 6 rings (SSSR count). The Morgan fingerprint density at radius 3 is 2.23 bits per heavy atom. The Labute approximate surface area is 178 Å². The molecule has 2 fully saturated rings. The van der Waals surface area contributed by atoms with Crippen LogP contribution in [-0.4, -0.2) is 26.1 Å². The van der Waals surface area contributed by atoms with Gasteiger partial charge in [0.1, 0.15) is 5.75 Å². The van der Waals surface area contributed by atoms with Crippen molar-refractivity contribution in [3.8, 4) is 5.75 Å². The highest BCUT2D eigenvalue weighted by Crippen LogP contribution is 2.56. The number of para-hydroxylation sites is 1. The minimum Gasteiger partial charge on any atom is -0.496 e. The molecular weight excluding hydrogens is 372 g/mol. The third kappa shape index (κ3) is 2.76. The van der Waals surface area contributed by atoms with Crippen molar-refractivity contribution in [1.29, 1.82) is 0 Å². The quantitative estimate of drug-likeness (QED) is 0.732. The summed E-state index contributed by atoms with van der Waals surface area (Å²) in [7, 11) is 1.62. The van der Waals surface area contributed by atoms with Gasteiger partial charge in [0, 0.05) is 24.5 Å². The first-order valence-corrected chi connectivity index (χ1v) is 11.6. The van der Waals surface area contributed by atoms with E-state index in [4.69, 9.17) is 4.74 Å². The Morgan fingerprint density at radius 1 is 0.967 bits per heavy atom. The molecule has 0 spiro atoms. The number of amides is 1. The molecule has 1 amide bonds. The monoisotopic (exact) mass is 402 g/mol. The summed E-state index contributed by atoms with van der Waals surface area (Å²) in [6.07, 6.45) is 7.96. The summed E-state index contributed by atoms with van der Waals surface area (Å²) in [5, 5.41) is 3.22. The Balaban J connectivity index is 1.42. The van der Waals surface area contributed by atoms with Crippen molar-refractivity contribution >= 4 is 17.3 Å². The maximum atomic E-state index is 13.1. The molecule has 0 unspecified atom stereocenters. The first-order chi connectivity index (χ1) is 14.7. The largest absolute Gasteiger partial charge is 0.496 e. The van der Waals surface area contributed by atoms with E-state index in [-0.39, 0.29) is 5.91 Å². The molecule has 156 valence electrons. The van der Waals surface area contributed by atoms with Crippen LogP contribution in [0.1, 0.15) is 71.8 Å². The van der Waals surface area contributed by atoms with Gasteiger partial charge in [-0.15, -0.1) is 0 Å². The molecule has 4 aliphatic rings. The van der Waals surface area contributed by atoms with E-state index in [2.05, 4.69) is 22.3 Å². The van der Waals surface area contributed by atoms with Gasteiger partial charge in [-0.25, -0.2) is 0 Å². The van der Waals surface area contributed by atoms with Crippen LogP contribution in [0.25, 0.3) is 0 Å². The first kappa shape index (κ1) is 18.3. The number of ether oxygens (including phenoxy) is 1. The molecule has 0 saturated heterocycles. The molecular formula is C26H30N2O2. The summed E-state index contributed by atoms with van der Waals surface area (Å²) in [6.45, 7) is 2.47.